The van der Waals surface area contributed by atoms with E-state index in [9.17, 15) is 39.7 Å². The number of pyridine rings is 1. The maximum Gasteiger partial charge on any atom is 0.420 e. The molecule has 2 aliphatic carbocycles. The van der Waals surface area contributed by atoms with Crippen LogP contribution in [0.1, 0.15) is 53.8 Å². The summed E-state index contributed by atoms with van der Waals surface area (Å²) in [4.78, 5) is 16.9. The summed E-state index contributed by atoms with van der Waals surface area (Å²) in [6, 6.07) is 2.26. The van der Waals surface area contributed by atoms with Crippen molar-refractivity contribution < 1.29 is 39.7 Å². The van der Waals surface area contributed by atoms with Gasteiger partial charge in [-0.25, -0.2) is 31.5 Å². The average Bonchev–Trinajstić information content (AvgIpc) is 3.40. The quantitative estimate of drug-likeness (QED) is 0.459. The Morgan fingerprint density at radius 3 is 2.47 bits per heavy atom. The summed E-state index contributed by atoms with van der Waals surface area (Å²) < 4.78 is 116. The number of carbonyl (C=O) groups is 1. The highest BCUT2D eigenvalue weighted by Gasteiger charge is 2.56. The van der Waals surface area contributed by atoms with E-state index in [2.05, 4.69) is 15.4 Å². The van der Waals surface area contributed by atoms with Crippen molar-refractivity contribution in [2.45, 2.75) is 62.2 Å². The molecule has 3 unspecified atom stereocenters. The van der Waals surface area contributed by atoms with Crippen molar-refractivity contribution >= 4 is 21.3 Å². The minimum absolute atomic E-state index is 0.118. The molecular formula is C21H22F7N5O2S. The fourth-order valence-electron chi connectivity index (χ4n) is 4.73. The predicted molar refractivity (Wildman–Crippen MR) is 114 cm³/mol. The van der Waals surface area contributed by atoms with Gasteiger partial charge in [-0.15, -0.1) is 0 Å². The molecule has 3 atom stereocenters. The summed E-state index contributed by atoms with van der Waals surface area (Å²) in [5.74, 6) is -6.90. The topological polar surface area (TPSA) is 101 Å². The zero-order chi connectivity index (χ0) is 26.8. The van der Waals surface area contributed by atoms with Crippen molar-refractivity contribution in [3.05, 3.63) is 35.3 Å². The number of hydrogen-bond acceptors (Lipinski definition) is 5. The second-order valence-electron chi connectivity index (χ2n) is 9.81. The Morgan fingerprint density at radius 1 is 1.33 bits per heavy atom. The van der Waals surface area contributed by atoms with Crippen molar-refractivity contribution in [2.75, 3.05) is 11.6 Å². The summed E-state index contributed by atoms with van der Waals surface area (Å²) in [6.07, 6.45) is -7.39. The minimum Gasteiger partial charge on any atom is -0.320 e. The Kier molecular flexibility index (Phi) is 6.16. The van der Waals surface area contributed by atoms with Gasteiger partial charge in [-0.3, -0.25) is 9.48 Å². The van der Waals surface area contributed by atoms with Gasteiger partial charge in [-0.05, 0) is 24.0 Å². The van der Waals surface area contributed by atoms with Gasteiger partial charge in [0.15, 0.2) is 0 Å². The number of rotatable bonds is 7. The van der Waals surface area contributed by atoms with Crippen LogP contribution in [-0.2, 0) is 22.5 Å². The molecule has 2 fully saturated rings. The summed E-state index contributed by atoms with van der Waals surface area (Å²) >= 11 is 0. The van der Waals surface area contributed by atoms with Gasteiger partial charge >= 0.3 is 6.18 Å². The molecule has 0 bridgehead atoms. The van der Waals surface area contributed by atoms with E-state index in [1.54, 1.807) is 0 Å². The summed E-state index contributed by atoms with van der Waals surface area (Å²) in [7, 11) is -3.31. The van der Waals surface area contributed by atoms with Crippen LogP contribution in [0.3, 0.4) is 0 Å². The van der Waals surface area contributed by atoms with Gasteiger partial charge < -0.3 is 5.32 Å². The molecule has 198 valence electrons. The molecule has 36 heavy (non-hydrogen) atoms. The predicted octanol–water partition coefficient (Wildman–Crippen LogP) is 5.39. The molecule has 15 heteroatoms. The first-order valence-corrected chi connectivity index (χ1v) is 12.7. The molecule has 0 aromatic carbocycles. The van der Waals surface area contributed by atoms with E-state index in [-0.39, 0.29) is 17.1 Å². The number of aromatic nitrogens is 3. The number of nitrogens with one attached hydrogen (secondary N) is 2. The lowest BCUT2D eigenvalue weighted by atomic mass is 9.67. The largest absolute Gasteiger partial charge is 0.420 e. The standard InChI is InChI=1S/C21H22F7N5O2S/c1-19(7-20(24,25)8-19)9-33-16(18(34)31-10-3-4-30-13(5-10)36(2,29)35)14(21(26,27)28)15(32-33)11-6-12(11)17(22)23/h3-5,11-12,17,29H,6-9H2,1-2H3,(H,30,31,34). The van der Waals surface area contributed by atoms with Crippen LogP contribution in [-0.4, -0.2) is 43.5 Å². The number of carbonyl (C=O) groups excluding carboxylic acids is 1. The first-order valence-electron chi connectivity index (χ1n) is 10.8. The van der Waals surface area contributed by atoms with Gasteiger partial charge in [0.2, 0.25) is 12.3 Å². The normalized spacial score (nSPS) is 24.2. The van der Waals surface area contributed by atoms with Crippen molar-refractivity contribution in [2.24, 2.45) is 11.3 Å². The number of hydrogen-bond donors (Lipinski definition) is 2. The van der Waals surface area contributed by atoms with E-state index >= 15 is 0 Å². The van der Waals surface area contributed by atoms with Crippen molar-refractivity contribution in [1.82, 2.24) is 14.8 Å². The lowest BCUT2D eigenvalue weighted by Gasteiger charge is -2.44. The van der Waals surface area contributed by atoms with Crippen LogP contribution < -0.4 is 5.32 Å². The van der Waals surface area contributed by atoms with Crippen LogP contribution in [0.5, 0.6) is 0 Å². The van der Waals surface area contributed by atoms with E-state index in [0.717, 1.165) is 18.5 Å². The number of halogens is 7. The molecule has 0 radical (unpaired) electrons. The Balaban J connectivity index is 1.78. The molecule has 0 spiro atoms. The Labute approximate surface area is 201 Å². The maximum atomic E-state index is 14.2. The maximum absolute atomic E-state index is 14.2. The van der Waals surface area contributed by atoms with Crippen LogP contribution >= 0.6 is 0 Å². The van der Waals surface area contributed by atoms with E-state index < -0.39 is 87.7 Å². The molecule has 0 saturated heterocycles. The second-order valence-corrected chi connectivity index (χ2v) is 11.9. The van der Waals surface area contributed by atoms with Gasteiger partial charge in [0.05, 0.1) is 15.4 Å². The van der Waals surface area contributed by atoms with Crippen molar-refractivity contribution in [3.8, 4) is 0 Å². The Bertz CT molecular complexity index is 1300. The van der Waals surface area contributed by atoms with Crippen molar-refractivity contribution in [1.29, 1.82) is 4.78 Å². The van der Waals surface area contributed by atoms with Gasteiger partial charge in [0, 0.05) is 49.4 Å². The monoisotopic (exact) mass is 541 g/mol. The molecule has 7 nitrogen and oxygen atoms in total. The zero-order valence-electron chi connectivity index (χ0n) is 19.0. The third kappa shape index (κ3) is 5.20. The molecule has 2 N–H and O–H groups in total. The number of nitrogens with zero attached hydrogens (tertiary/aromatic N) is 3. The third-order valence-electron chi connectivity index (χ3n) is 6.29. The number of anilines is 1. The minimum atomic E-state index is -5.15. The van der Waals surface area contributed by atoms with E-state index in [0.29, 0.717) is 4.68 Å². The second kappa shape index (κ2) is 8.42. The van der Waals surface area contributed by atoms with E-state index in [1.807, 2.05) is 0 Å². The molecule has 0 aliphatic heterocycles. The number of amides is 1. The molecule has 2 saturated carbocycles. The lowest BCUT2D eigenvalue weighted by molar-refractivity contribution is -0.160. The SMILES string of the molecule is CC1(Cn2nc(C3CC3C(F)F)c(C(F)(F)F)c2C(=O)Nc2ccnc(S(C)(=N)=O)c2)CC(F)(F)C1. The number of alkyl halides is 7. The van der Waals surface area contributed by atoms with Crippen LogP contribution in [0.15, 0.2) is 23.4 Å². The first kappa shape index (κ1) is 26.4. The van der Waals surface area contributed by atoms with Gasteiger partial charge in [-0.2, -0.15) is 18.3 Å². The van der Waals surface area contributed by atoms with Gasteiger partial charge in [-0.1, -0.05) is 6.92 Å². The average molecular weight is 541 g/mol. The molecule has 2 aromatic rings. The van der Waals surface area contributed by atoms with E-state index in [1.165, 1.54) is 13.0 Å². The summed E-state index contributed by atoms with van der Waals surface area (Å²) in [5, 5.41) is 5.87. The third-order valence-corrected chi connectivity index (χ3v) is 7.31. The van der Waals surface area contributed by atoms with Crippen LogP contribution in [0.4, 0.5) is 36.4 Å². The zero-order valence-corrected chi connectivity index (χ0v) is 19.8. The fraction of sp³-hybridized carbons (Fsp3) is 0.571. The highest BCUT2D eigenvalue weighted by molar-refractivity contribution is 7.91. The van der Waals surface area contributed by atoms with Gasteiger partial charge in [0.25, 0.3) is 5.91 Å². The Morgan fingerprint density at radius 2 is 1.97 bits per heavy atom. The van der Waals surface area contributed by atoms with Gasteiger partial charge in [0.1, 0.15) is 16.3 Å². The molecule has 2 aromatic heterocycles. The fourth-order valence-corrected chi connectivity index (χ4v) is 5.35. The van der Waals surface area contributed by atoms with Crippen LogP contribution in [0.25, 0.3) is 0 Å². The van der Waals surface area contributed by atoms with E-state index in [4.69, 9.17) is 4.78 Å². The molecular weight excluding hydrogens is 519 g/mol. The highest BCUT2D eigenvalue weighted by atomic mass is 32.2. The summed E-state index contributed by atoms with van der Waals surface area (Å²) in [5.41, 5.74) is -4.48. The molecule has 2 heterocycles. The first-order chi connectivity index (χ1) is 16.4. The summed E-state index contributed by atoms with van der Waals surface area (Å²) in [6.45, 7) is 0.957. The van der Waals surface area contributed by atoms with Crippen LogP contribution in [0.2, 0.25) is 0 Å². The molecule has 4 rings (SSSR count). The van der Waals surface area contributed by atoms with Crippen molar-refractivity contribution in [3.63, 3.8) is 0 Å². The Hall–Kier alpha value is -2.71. The molecule has 2 aliphatic rings. The lowest BCUT2D eigenvalue weighted by Crippen LogP contribution is -2.47. The highest BCUT2D eigenvalue weighted by Crippen LogP contribution is 2.55. The molecule has 1 amide bonds. The smallest absolute Gasteiger partial charge is 0.320 e. The van der Waals surface area contributed by atoms with Crippen LogP contribution in [0, 0.1) is 16.1 Å².